The van der Waals surface area contributed by atoms with E-state index in [1.54, 1.807) is 0 Å². The summed E-state index contributed by atoms with van der Waals surface area (Å²) in [6, 6.07) is 4.17. The van der Waals surface area contributed by atoms with E-state index in [1.807, 2.05) is 0 Å². The minimum atomic E-state index is 0.597. The van der Waals surface area contributed by atoms with Gasteiger partial charge in [-0.3, -0.25) is 0 Å². The molecule has 0 bridgehead atoms. The summed E-state index contributed by atoms with van der Waals surface area (Å²) in [6.45, 7) is 6.45. The van der Waals surface area contributed by atoms with Gasteiger partial charge in [0.05, 0.1) is 6.54 Å². The molecule has 1 aromatic rings. The first-order valence-corrected chi connectivity index (χ1v) is 6.56. The first kappa shape index (κ1) is 11.7. The van der Waals surface area contributed by atoms with Gasteiger partial charge in [-0.2, -0.15) is 0 Å². The lowest BCUT2D eigenvalue weighted by Crippen LogP contribution is -2.39. The maximum Gasteiger partial charge on any atom is 0.117 e. The van der Waals surface area contributed by atoms with Crippen molar-refractivity contribution in [3.8, 4) is 0 Å². The fourth-order valence-corrected chi connectivity index (χ4v) is 2.49. The summed E-state index contributed by atoms with van der Waals surface area (Å²) in [5.74, 6) is 2.16. The van der Waals surface area contributed by atoms with E-state index in [0.29, 0.717) is 5.41 Å². The lowest BCUT2D eigenvalue weighted by atomic mass is 9.67. The first-order valence-electron chi connectivity index (χ1n) is 6.56. The molecule has 2 nitrogen and oxygen atoms in total. The van der Waals surface area contributed by atoms with Gasteiger partial charge in [-0.1, -0.05) is 20.3 Å². The first-order chi connectivity index (χ1) is 7.78. The van der Waals surface area contributed by atoms with E-state index in [2.05, 4.69) is 31.3 Å². The molecule has 16 heavy (non-hydrogen) atoms. The molecule has 1 N–H and O–H groups in total. The van der Waals surface area contributed by atoms with Crippen LogP contribution in [0.5, 0.6) is 0 Å². The van der Waals surface area contributed by atoms with E-state index < -0.39 is 0 Å². The van der Waals surface area contributed by atoms with Crippen LogP contribution in [0.25, 0.3) is 0 Å². The van der Waals surface area contributed by atoms with Crippen molar-refractivity contribution in [2.45, 2.75) is 52.5 Å². The summed E-state index contributed by atoms with van der Waals surface area (Å²) in [4.78, 5) is 0. The van der Waals surface area contributed by atoms with Crippen LogP contribution in [-0.2, 0) is 13.0 Å². The fourth-order valence-electron chi connectivity index (χ4n) is 2.49. The Morgan fingerprint density at radius 1 is 1.25 bits per heavy atom. The summed E-state index contributed by atoms with van der Waals surface area (Å²) in [6.07, 6.45) is 6.50. The van der Waals surface area contributed by atoms with Crippen LogP contribution in [0.15, 0.2) is 16.5 Å². The Balaban J connectivity index is 1.75. The van der Waals surface area contributed by atoms with Crippen LogP contribution in [-0.4, -0.2) is 6.54 Å². The summed E-state index contributed by atoms with van der Waals surface area (Å²) in [7, 11) is 0. The molecule has 2 heteroatoms. The van der Waals surface area contributed by atoms with Crippen molar-refractivity contribution in [2.24, 2.45) is 5.41 Å². The Morgan fingerprint density at radius 2 is 2.00 bits per heavy atom. The van der Waals surface area contributed by atoms with Crippen LogP contribution in [0.4, 0.5) is 0 Å². The average molecular weight is 221 g/mol. The predicted molar refractivity (Wildman–Crippen MR) is 66.4 cm³/mol. The summed E-state index contributed by atoms with van der Waals surface area (Å²) in [5, 5.41) is 3.54. The van der Waals surface area contributed by atoms with E-state index in [0.717, 1.165) is 31.0 Å². The number of hydrogen-bond acceptors (Lipinski definition) is 2. The van der Waals surface area contributed by atoms with Gasteiger partial charge in [0.15, 0.2) is 0 Å². The molecule has 1 fully saturated rings. The van der Waals surface area contributed by atoms with Crippen molar-refractivity contribution in [1.29, 1.82) is 0 Å². The van der Waals surface area contributed by atoms with Crippen molar-refractivity contribution in [2.75, 3.05) is 6.54 Å². The molecule has 0 aliphatic heterocycles. The Labute approximate surface area is 98.4 Å². The topological polar surface area (TPSA) is 25.2 Å². The zero-order valence-electron chi connectivity index (χ0n) is 10.5. The van der Waals surface area contributed by atoms with E-state index in [4.69, 9.17) is 4.42 Å². The molecule has 1 saturated carbocycles. The number of furan rings is 1. The maximum atomic E-state index is 5.67. The highest BCUT2D eigenvalue weighted by Crippen LogP contribution is 2.43. The van der Waals surface area contributed by atoms with Gasteiger partial charge in [-0.25, -0.2) is 0 Å². The van der Waals surface area contributed by atoms with E-state index in [-0.39, 0.29) is 0 Å². The zero-order chi connectivity index (χ0) is 11.4. The normalized spacial score (nSPS) is 18.4. The third kappa shape index (κ3) is 2.49. The largest absolute Gasteiger partial charge is 0.465 e. The van der Waals surface area contributed by atoms with Crippen molar-refractivity contribution in [1.82, 2.24) is 5.32 Å². The lowest BCUT2D eigenvalue weighted by molar-refractivity contribution is 0.123. The van der Waals surface area contributed by atoms with Gasteiger partial charge in [0.25, 0.3) is 0 Å². The molecule has 0 aromatic carbocycles. The van der Waals surface area contributed by atoms with Crippen LogP contribution in [0.1, 0.15) is 51.1 Å². The molecular formula is C14H23NO. The Morgan fingerprint density at radius 3 is 2.50 bits per heavy atom. The minimum absolute atomic E-state index is 0.597. The highest BCUT2D eigenvalue weighted by molar-refractivity contribution is 5.06. The number of rotatable bonds is 6. The van der Waals surface area contributed by atoms with Gasteiger partial charge >= 0.3 is 0 Å². The maximum absolute atomic E-state index is 5.67. The lowest BCUT2D eigenvalue weighted by Gasteiger charge is -2.41. The van der Waals surface area contributed by atoms with Crippen LogP contribution < -0.4 is 5.32 Å². The van der Waals surface area contributed by atoms with E-state index >= 15 is 0 Å². The van der Waals surface area contributed by atoms with Crippen molar-refractivity contribution < 1.29 is 4.42 Å². The van der Waals surface area contributed by atoms with Crippen molar-refractivity contribution in [3.63, 3.8) is 0 Å². The minimum Gasteiger partial charge on any atom is -0.465 e. The standard InChI is InChI=1S/C14H23NO/c1-3-12-6-7-13(16-12)10-15-11-14(4-2)8-5-9-14/h6-7,15H,3-5,8-11H2,1-2H3. The molecule has 1 aliphatic carbocycles. The van der Waals surface area contributed by atoms with Crippen LogP contribution in [0.3, 0.4) is 0 Å². The molecule has 2 rings (SSSR count). The van der Waals surface area contributed by atoms with Gasteiger partial charge < -0.3 is 9.73 Å². The summed E-state index contributed by atoms with van der Waals surface area (Å²) in [5.41, 5.74) is 0.597. The third-order valence-corrected chi connectivity index (χ3v) is 4.03. The Bertz CT molecular complexity index is 320. The second kappa shape index (κ2) is 5.05. The Hall–Kier alpha value is -0.760. The zero-order valence-corrected chi connectivity index (χ0v) is 10.5. The van der Waals surface area contributed by atoms with Crippen molar-refractivity contribution in [3.05, 3.63) is 23.7 Å². The molecule has 0 saturated heterocycles. The molecule has 0 amide bonds. The van der Waals surface area contributed by atoms with Gasteiger partial charge in [-0.15, -0.1) is 0 Å². The molecule has 0 atom stereocenters. The highest BCUT2D eigenvalue weighted by Gasteiger charge is 2.34. The van der Waals surface area contributed by atoms with Crippen molar-refractivity contribution >= 4 is 0 Å². The summed E-state index contributed by atoms with van der Waals surface area (Å²) >= 11 is 0. The molecule has 0 spiro atoms. The van der Waals surface area contributed by atoms with Crippen LogP contribution >= 0.6 is 0 Å². The number of nitrogens with one attached hydrogen (secondary N) is 1. The molecular weight excluding hydrogens is 198 g/mol. The van der Waals surface area contributed by atoms with Crippen LogP contribution in [0.2, 0.25) is 0 Å². The second-order valence-corrected chi connectivity index (χ2v) is 5.03. The number of hydrogen-bond donors (Lipinski definition) is 1. The third-order valence-electron chi connectivity index (χ3n) is 4.03. The smallest absolute Gasteiger partial charge is 0.117 e. The predicted octanol–water partition coefficient (Wildman–Crippen LogP) is 3.51. The molecule has 1 aromatic heterocycles. The molecule has 0 radical (unpaired) electrons. The quantitative estimate of drug-likeness (QED) is 0.795. The SMILES string of the molecule is CCc1ccc(CNCC2(CC)CCC2)o1. The highest BCUT2D eigenvalue weighted by atomic mass is 16.3. The van der Waals surface area contributed by atoms with E-state index in [9.17, 15) is 0 Å². The monoisotopic (exact) mass is 221 g/mol. The fraction of sp³-hybridized carbons (Fsp3) is 0.714. The molecule has 1 aliphatic rings. The number of aryl methyl sites for hydroxylation is 1. The van der Waals surface area contributed by atoms with Gasteiger partial charge in [0.2, 0.25) is 0 Å². The molecule has 90 valence electrons. The van der Waals surface area contributed by atoms with Gasteiger partial charge in [0.1, 0.15) is 11.5 Å². The molecule has 1 heterocycles. The summed E-state index contributed by atoms with van der Waals surface area (Å²) < 4.78 is 5.67. The Kier molecular flexibility index (Phi) is 3.70. The molecule has 0 unspecified atom stereocenters. The van der Waals surface area contributed by atoms with E-state index in [1.165, 1.54) is 25.7 Å². The van der Waals surface area contributed by atoms with Gasteiger partial charge in [-0.05, 0) is 36.8 Å². The second-order valence-electron chi connectivity index (χ2n) is 5.03. The average Bonchev–Trinajstić information content (AvgIpc) is 2.70. The van der Waals surface area contributed by atoms with Gasteiger partial charge in [0, 0.05) is 13.0 Å². The van der Waals surface area contributed by atoms with Crippen LogP contribution in [0, 0.1) is 5.41 Å².